The molecule has 4 aliphatic carbocycles. The first-order chi connectivity index (χ1) is 18.3. The zero-order valence-corrected chi connectivity index (χ0v) is 26.6. The first-order valence-corrected chi connectivity index (χ1v) is 17.6. The van der Waals surface area contributed by atoms with Gasteiger partial charge in [-0.3, -0.25) is 0 Å². The molecule has 4 heteroatoms. The molecule has 0 amide bonds. The molecule has 0 radical (unpaired) electrons. The van der Waals surface area contributed by atoms with E-state index in [0.29, 0.717) is 43.4 Å². The summed E-state index contributed by atoms with van der Waals surface area (Å²) in [7, 11) is 0. The van der Waals surface area contributed by atoms with E-state index in [1.54, 1.807) is 5.57 Å². The molecule has 0 aromatic heterocycles. The van der Waals surface area contributed by atoms with Crippen LogP contribution < -0.4 is 0 Å². The molecule has 0 N–H and O–H groups in total. The molecule has 220 valence electrons. The van der Waals surface area contributed by atoms with Crippen molar-refractivity contribution in [3.05, 3.63) is 11.6 Å². The Morgan fingerprint density at radius 2 is 1.66 bits per heavy atom. The molecule has 8 atom stereocenters. The zero-order chi connectivity index (χ0) is 27.2. The lowest BCUT2D eigenvalue weighted by Crippen LogP contribution is -2.51. The third-order valence-corrected chi connectivity index (χ3v) is 12.2. The molecular weight excluding hydrogens is 488 g/mol. The molecule has 3 saturated carbocycles. The van der Waals surface area contributed by atoms with Gasteiger partial charge >= 0.3 is 0 Å². The van der Waals surface area contributed by atoms with Gasteiger partial charge in [0.05, 0.1) is 39.1 Å². The Hall–Kier alpha value is -0.0300. The van der Waals surface area contributed by atoms with Gasteiger partial charge in [-0.1, -0.05) is 65.5 Å². The van der Waals surface area contributed by atoms with Gasteiger partial charge in [-0.25, -0.2) is 0 Å². The van der Waals surface area contributed by atoms with Crippen LogP contribution in [-0.2, 0) is 14.2 Å². The highest BCUT2D eigenvalue weighted by Gasteiger charge is 2.59. The molecule has 0 aromatic rings. The van der Waals surface area contributed by atoms with Gasteiger partial charge in [0.15, 0.2) is 0 Å². The van der Waals surface area contributed by atoms with Crippen LogP contribution >= 0.6 is 11.8 Å². The van der Waals surface area contributed by atoms with Crippen molar-refractivity contribution < 1.29 is 14.2 Å². The van der Waals surface area contributed by atoms with Gasteiger partial charge in [-0.2, -0.15) is 11.8 Å². The van der Waals surface area contributed by atoms with Crippen LogP contribution in [0, 0.1) is 46.3 Å². The van der Waals surface area contributed by atoms with Crippen LogP contribution in [0.1, 0.15) is 105 Å². The van der Waals surface area contributed by atoms with Gasteiger partial charge in [0, 0.05) is 5.75 Å². The maximum Gasteiger partial charge on any atom is 0.0704 e. The third kappa shape index (κ3) is 7.05. The largest absolute Gasteiger partial charge is 0.378 e. The summed E-state index contributed by atoms with van der Waals surface area (Å²) in [5, 5.41) is 0. The Kier molecular flexibility index (Phi) is 11.6. The Morgan fingerprint density at radius 3 is 2.42 bits per heavy atom. The summed E-state index contributed by atoms with van der Waals surface area (Å²) >= 11 is 1.82. The average Bonchev–Trinajstić information content (AvgIpc) is 3.25. The fourth-order valence-electron chi connectivity index (χ4n) is 9.53. The number of hydrogen-bond donors (Lipinski definition) is 0. The summed E-state index contributed by atoms with van der Waals surface area (Å²) in [6.45, 7) is 16.3. The highest BCUT2D eigenvalue weighted by atomic mass is 32.2. The molecule has 0 aromatic carbocycles. The SMILES string of the molecule is CSCCOCCOCCO[C@H]1CC[C@@]2(C)C(=CCC3C2CC[C@@]2(C)C3CC[C@@H]2[C@H](C)CCCC(C)C)C1. The standard InChI is InChI=1S/C34H60O3S/c1-25(2)8-7-9-26(3)30-12-13-31-29-11-10-27-24-28(37-21-20-35-18-19-36-22-23-38-6)14-16-33(27,4)32(29)15-17-34(30,31)5/h10,25-26,28-32H,7-9,11-24H2,1-6H3/t26-,28+,29?,30-,31?,32?,33+,34-/m1/s1. The van der Waals surface area contributed by atoms with Crippen LogP contribution in [0.15, 0.2) is 11.6 Å². The summed E-state index contributed by atoms with van der Waals surface area (Å²) < 4.78 is 17.6. The van der Waals surface area contributed by atoms with Gasteiger partial charge in [0.1, 0.15) is 0 Å². The molecule has 3 unspecified atom stereocenters. The Bertz CT molecular complexity index is 752. The van der Waals surface area contributed by atoms with Gasteiger partial charge in [-0.05, 0) is 104 Å². The Labute approximate surface area is 240 Å². The van der Waals surface area contributed by atoms with Gasteiger partial charge in [0.2, 0.25) is 0 Å². The van der Waals surface area contributed by atoms with Crippen molar-refractivity contribution in [2.75, 3.05) is 45.0 Å². The van der Waals surface area contributed by atoms with E-state index in [0.717, 1.165) is 54.3 Å². The van der Waals surface area contributed by atoms with Crippen molar-refractivity contribution in [3.8, 4) is 0 Å². The fourth-order valence-corrected chi connectivity index (χ4v) is 9.82. The molecular formula is C34H60O3S. The predicted octanol–water partition coefficient (Wildman–Crippen LogP) is 8.81. The van der Waals surface area contributed by atoms with Crippen LogP contribution in [-0.4, -0.2) is 51.1 Å². The minimum absolute atomic E-state index is 0.378. The van der Waals surface area contributed by atoms with Crippen LogP contribution in [0.3, 0.4) is 0 Å². The molecule has 0 saturated heterocycles. The summed E-state index contributed by atoms with van der Waals surface area (Å²) in [5.74, 6) is 6.51. The first kappa shape index (κ1) is 30.9. The van der Waals surface area contributed by atoms with Crippen LogP contribution in [0.4, 0.5) is 0 Å². The first-order valence-electron chi connectivity index (χ1n) is 16.2. The molecule has 0 aliphatic heterocycles. The number of hydrogen-bond acceptors (Lipinski definition) is 4. The smallest absolute Gasteiger partial charge is 0.0704 e. The monoisotopic (exact) mass is 548 g/mol. The number of allylic oxidation sites excluding steroid dienone is 1. The van der Waals surface area contributed by atoms with Gasteiger partial charge < -0.3 is 14.2 Å². The lowest BCUT2D eigenvalue weighted by molar-refractivity contribution is -0.0687. The van der Waals surface area contributed by atoms with Gasteiger partial charge in [0.25, 0.3) is 0 Å². The molecule has 3 nitrogen and oxygen atoms in total. The lowest BCUT2D eigenvalue weighted by Gasteiger charge is -2.58. The lowest BCUT2D eigenvalue weighted by atomic mass is 9.47. The molecule has 38 heavy (non-hydrogen) atoms. The highest BCUT2D eigenvalue weighted by molar-refractivity contribution is 7.98. The molecule has 0 spiro atoms. The maximum atomic E-state index is 6.32. The summed E-state index contributed by atoms with van der Waals surface area (Å²) in [6.07, 6.45) is 20.4. The van der Waals surface area contributed by atoms with Crippen LogP contribution in [0.25, 0.3) is 0 Å². The summed E-state index contributed by atoms with van der Waals surface area (Å²) in [4.78, 5) is 0. The minimum Gasteiger partial charge on any atom is -0.378 e. The normalized spacial score (nSPS) is 37.4. The van der Waals surface area contributed by atoms with Crippen molar-refractivity contribution in [1.82, 2.24) is 0 Å². The summed E-state index contributed by atoms with van der Waals surface area (Å²) in [6, 6.07) is 0. The second-order valence-electron chi connectivity index (χ2n) is 14.2. The van der Waals surface area contributed by atoms with Crippen molar-refractivity contribution in [2.45, 2.75) is 111 Å². The zero-order valence-electron chi connectivity index (χ0n) is 25.8. The van der Waals surface area contributed by atoms with Crippen LogP contribution in [0.2, 0.25) is 0 Å². The van der Waals surface area contributed by atoms with Crippen molar-refractivity contribution in [3.63, 3.8) is 0 Å². The Balaban J connectivity index is 1.26. The minimum atomic E-state index is 0.378. The number of ether oxygens (including phenoxy) is 3. The fraction of sp³-hybridized carbons (Fsp3) is 0.941. The van der Waals surface area contributed by atoms with E-state index in [1.807, 2.05) is 11.8 Å². The molecule has 0 heterocycles. The maximum absolute atomic E-state index is 6.32. The van der Waals surface area contributed by atoms with E-state index in [-0.39, 0.29) is 0 Å². The van der Waals surface area contributed by atoms with Crippen molar-refractivity contribution in [1.29, 1.82) is 0 Å². The number of fused-ring (bicyclic) bond motifs is 5. The molecule has 3 fully saturated rings. The van der Waals surface area contributed by atoms with Gasteiger partial charge in [-0.15, -0.1) is 0 Å². The summed E-state index contributed by atoms with van der Waals surface area (Å²) in [5.41, 5.74) is 2.73. The second-order valence-corrected chi connectivity index (χ2v) is 15.2. The molecule has 0 bridgehead atoms. The van der Waals surface area contributed by atoms with Crippen LogP contribution in [0.5, 0.6) is 0 Å². The number of thioether (sulfide) groups is 1. The van der Waals surface area contributed by atoms with E-state index in [1.165, 1.54) is 64.2 Å². The van der Waals surface area contributed by atoms with E-state index < -0.39 is 0 Å². The topological polar surface area (TPSA) is 27.7 Å². The second kappa shape index (κ2) is 14.2. The predicted molar refractivity (Wildman–Crippen MR) is 163 cm³/mol. The Morgan fingerprint density at radius 1 is 0.895 bits per heavy atom. The number of rotatable bonds is 15. The van der Waals surface area contributed by atoms with Crippen molar-refractivity contribution >= 4 is 11.8 Å². The average molecular weight is 549 g/mol. The van der Waals surface area contributed by atoms with E-state index in [2.05, 4.69) is 47.0 Å². The highest BCUT2D eigenvalue weighted by Crippen LogP contribution is 2.67. The molecule has 4 rings (SSSR count). The quantitative estimate of drug-likeness (QED) is 0.151. The van der Waals surface area contributed by atoms with E-state index in [9.17, 15) is 0 Å². The molecule has 4 aliphatic rings. The van der Waals surface area contributed by atoms with Crippen molar-refractivity contribution in [2.24, 2.45) is 46.3 Å². The van der Waals surface area contributed by atoms with E-state index >= 15 is 0 Å². The van der Waals surface area contributed by atoms with E-state index in [4.69, 9.17) is 14.2 Å². The third-order valence-electron chi connectivity index (χ3n) is 11.6.